The molecule has 1 N–H and O–H groups in total. The van der Waals surface area contributed by atoms with E-state index in [2.05, 4.69) is 18.2 Å². The standard InChI is InChI=1S/C20H21N3O2S/c1-25-16-6-4-5-15(13-16)20(24)23-11-9-22(10-12-23)14-19-21-17-7-2-3-8-18(17)26-19/h2-8,13H,9-12,14H2,1H3/p+1. The number of fused-ring (bicyclic) bond motifs is 1. The van der Waals surface area contributed by atoms with E-state index in [1.165, 1.54) is 14.6 Å². The summed E-state index contributed by atoms with van der Waals surface area (Å²) in [7, 11) is 1.62. The van der Waals surface area contributed by atoms with Crippen molar-refractivity contribution in [3.05, 3.63) is 59.1 Å². The Morgan fingerprint density at radius 1 is 1.19 bits per heavy atom. The number of hydrogen-bond acceptors (Lipinski definition) is 4. The molecule has 6 heteroatoms. The third kappa shape index (κ3) is 3.57. The van der Waals surface area contributed by atoms with Crippen LogP contribution in [0.1, 0.15) is 15.4 Å². The summed E-state index contributed by atoms with van der Waals surface area (Å²) in [6.07, 6.45) is 0. The molecule has 0 spiro atoms. The van der Waals surface area contributed by atoms with Gasteiger partial charge >= 0.3 is 0 Å². The van der Waals surface area contributed by atoms with Gasteiger partial charge in [-0.15, -0.1) is 11.3 Å². The zero-order valence-corrected chi connectivity index (χ0v) is 15.6. The number of carbonyl (C=O) groups excluding carboxylic acids is 1. The smallest absolute Gasteiger partial charge is 0.254 e. The minimum atomic E-state index is 0.0861. The van der Waals surface area contributed by atoms with Crippen LogP contribution in [0, 0.1) is 0 Å². The number of ether oxygens (including phenoxy) is 1. The van der Waals surface area contributed by atoms with Crippen LogP contribution >= 0.6 is 11.3 Å². The van der Waals surface area contributed by atoms with Crippen molar-refractivity contribution in [2.75, 3.05) is 33.3 Å². The molecule has 0 atom stereocenters. The van der Waals surface area contributed by atoms with Crippen molar-refractivity contribution in [1.29, 1.82) is 0 Å². The van der Waals surface area contributed by atoms with Crippen LogP contribution in [0.15, 0.2) is 48.5 Å². The molecule has 1 saturated heterocycles. The number of nitrogens with zero attached hydrogens (tertiary/aromatic N) is 2. The lowest BCUT2D eigenvalue weighted by atomic mass is 10.1. The van der Waals surface area contributed by atoms with Crippen molar-refractivity contribution < 1.29 is 14.4 Å². The highest BCUT2D eigenvalue weighted by Gasteiger charge is 2.25. The summed E-state index contributed by atoms with van der Waals surface area (Å²) < 4.78 is 6.46. The molecule has 2 aromatic carbocycles. The monoisotopic (exact) mass is 368 g/mol. The van der Waals surface area contributed by atoms with Crippen molar-refractivity contribution in [3.8, 4) is 5.75 Å². The first kappa shape index (κ1) is 17.0. The van der Waals surface area contributed by atoms with Gasteiger partial charge in [-0.3, -0.25) is 4.79 Å². The maximum atomic E-state index is 12.7. The predicted molar refractivity (Wildman–Crippen MR) is 103 cm³/mol. The molecule has 134 valence electrons. The Morgan fingerprint density at radius 3 is 2.77 bits per heavy atom. The highest BCUT2D eigenvalue weighted by Crippen LogP contribution is 2.21. The fraction of sp³-hybridized carbons (Fsp3) is 0.300. The van der Waals surface area contributed by atoms with Crippen LogP contribution in [0.2, 0.25) is 0 Å². The van der Waals surface area contributed by atoms with E-state index in [9.17, 15) is 4.79 Å². The summed E-state index contributed by atoms with van der Waals surface area (Å²) in [5.41, 5.74) is 1.78. The largest absolute Gasteiger partial charge is 0.497 e. The number of thiazole rings is 1. The van der Waals surface area contributed by atoms with E-state index in [4.69, 9.17) is 9.72 Å². The number of benzene rings is 2. The normalized spacial score (nSPS) is 15.3. The molecule has 3 aromatic rings. The van der Waals surface area contributed by atoms with Crippen LogP contribution in [-0.2, 0) is 6.54 Å². The lowest BCUT2D eigenvalue weighted by molar-refractivity contribution is -0.917. The van der Waals surface area contributed by atoms with Gasteiger partial charge in [0.05, 0.1) is 43.5 Å². The second-order valence-electron chi connectivity index (χ2n) is 6.53. The Labute approximate surface area is 156 Å². The zero-order valence-electron chi connectivity index (χ0n) is 14.8. The molecule has 1 aliphatic rings. The first-order valence-electron chi connectivity index (χ1n) is 8.84. The van der Waals surface area contributed by atoms with Gasteiger partial charge in [-0.05, 0) is 30.3 Å². The third-order valence-corrected chi connectivity index (χ3v) is 5.85. The number of methoxy groups -OCH3 is 1. The molecule has 1 aromatic heterocycles. The van der Waals surface area contributed by atoms with Gasteiger partial charge in [0.25, 0.3) is 5.91 Å². The second kappa shape index (κ2) is 7.43. The molecule has 1 aliphatic heterocycles. The maximum absolute atomic E-state index is 12.7. The number of aromatic nitrogens is 1. The Bertz CT molecular complexity index is 883. The quantitative estimate of drug-likeness (QED) is 0.765. The number of carbonyl (C=O) groups is 1. The van der Waals surface area contributed by atoms with E-state index in [-0.39, 0.29) is 5.91 Å². The fourth-order valence-corrected chi connectivity index (χ4v) is 4.39. The SMILES string of the molecule is COc1cccc(C(=O)N2CC[NH+](Cc3nc4ccccc4s3)CC2)c1. The van der Waals surface area contributed by atoms with Crippen LogP contribution in [-0.4, -0.2) is 49.1 Å². The first-order valence-corrected chi connectivity index (χ1v) is 9.66. The summed E-state index contributed by atoms with van der Waals surface area (Å²) in [6, 6.07) is 15.7. The molecule has 1 fully saturated rings. The molecular weight excluding hydrogens is 346 g/mol. The molecule has 0 aliphatic carbocycles. The van der Waals surface area contributed by atoms with E-state index in [1.54, 1.807) is 18.4 Å². The van der Waals surface area contributed by atoms with Gasteiger partial charge < -0.3 is 14.5 Å². The molecule has 4 rings (SSSR count). The van der Waals surface area contributed by atoms with E-state index < -0.39 is 0 Å². The molecule has 5 nitrogen and oxygen atoms in total. The van der Waals surface area contributed by atoms with Crippen molar-refractivity contribution in [2.24, 2.45) is 0 Å². The van der Waals surface area contributed by atoms with E-state index in [0.717, 1.165) is 44.0 Å². The molecule has 0 saturated carbocycles. The van der Waals surface area contributed by atoms with E-state index in [0.29, 0.717) is 5.56 Å². The molecular formula is C20H22N3O2S+. The van der Waals surface area contributed by atoms with Crippen LogP contribution < -0.4 is 9.64 Å². The van der Waals surface area contributed by atoms with Crippen LogP contribution in [0.3, 0.4) is 0 Å². The number of quaternary nitrogens is 1. The van der Waals surface area contributed by atoms with E-state index in [1.807, 2.05) is 35.2 Å². The number of amides is 1. The zero-order chi connectivity index (χ0) is 17.9. The highest BCUT2D eigenvalue weighted by molar-refractivity contribution is 7.18. The van der Waals surface area contributed by atoms with Crippen molar-refractivity contribution >= 4 is 27.5 Å². The van der Waals surface area contributed by atoms with E-state index >= 15 is 0 Å². The average Bonchev–Trinajstić information content (AvgIpc) is 3.10. The summed E-state index contributed by atoms with van der Waals surface area (Å²) in [5, 5.41) is 1.17. The summed E-state index contributed by atoms with van der Waals surface area (Å²) in [4.78, 5) is 20.9. The van der Waals surface area contributed by atoms with Gasteiger partial charge in [-0.25, -0.2) is 4.98 Å². The van der Waals surface area contributed by atoms with Gasteiger partial charge in [0.1, 0.15) is 17.3 Å². The average molecular weight is 368 g/mol. The van der Waals surface area contributed by atoms with Crippen LogP contribution in [0.4, 0.5) is 0 Å². The molecule has 0 unspecified atom stereocenters. The third-order valence-electron chi connectivity index (χ3n) is 4.81. The minimum absolute atomic E-state index is 0.0861. The summed E-state index contributed by atoms with van der Waals surface area (Å²) >= 11 is 1.77. The first-order chi connectivity index (χ1) is 12.7. The number of para-hydroxylation sites is 1. The van der Waals surface area contributed by atoms with Crippen LogP contribution in [0.25, 0.3) is 10.2 Å². The fourth-order valence-electron chi connectivity index (χ4n) is 3.35. The minimum Gasteiger partial charge on any atom is -0.497 e. The predicted octanol–water partition coefficient (Wildman–Crippen LogP) is 1.85. The lowest BCUT2D eigenvalue weighted by Gasteiger charge is -2.31. The van der Waals surface area contributed by atoms with Gasteiger partial charge in [-0.2, -0.15) is 0 Å². The van der Waals surface area contributed by atoms with Crippen molar-refractivity contribution in [2.45, 2.75) is 6.54 Å². The Hall–Kier alpha value is -2.44. The summed E-state index contributed by atoms with van der Waals surface area (Å²) in [6.45, 7) is 4.38. The van der Waals surface area contributed by atoms with Gasteiger partial charge in [0.15, 0.2) is 0 Å². The Morgan fingerprint density at radius 2 is 2.00 bits per heavy atom. The van der Waals surface area contributed by atoms with Crippen LogP contribution in [0.5, 0.6) is 5.75 Å². The van der Waals surface area contributed by atoms with Gasteiger partial charge in [0, 0.05) is 5.56 Å². The molecule has 2 heterocycles. The Balaban J connectivity index is 1.36. The molecule has 26 heavy (non-hydrogen) atoms. The Kier molecular flexibility index (Phi) is 4.86. The molecule has 0 radical (unpaired) electrons. The maximum Gasteiger partial charge on any atom is 0.254 e. The lowest BCUT2D eigenvalue weighted by Crippen LogP contribution is -3.13. The highest BCUT2D eigenvalue weighted by atomic mass is 32.1. The number of hydrogen-bond donors (Lipinski definition) is 1. The number of nitrogens with one attached hydrogen (secondary N) is 1. The number of piperazine rings is 1. The molecule has 1 amide bonds. The van der Waals surface area contributed by atoms with Gasteiger partial charge in [-0.1, -0.05) is 18.2 Å². The van der Waals surface area contributed by atoms with Gasteiger partial charge in [0.2, 0.25) is 0 Å². The number of rotatable bonds is 4. The second-order valence-corrected chi connectivity index (χ2v) is 7.64. The molecule has 0 bridgehead atoms. The van der Waals surface area contributed by atoms with Crippen molar-refractivity contribution in [1.82, 2.24) is 9.88 Å². The van der Waals surface area contributed by atoms with Crippen molar-refractivity contribution in [3.63, 3.8) is 0 Å². The summed E-state index contributed by atoms with van der Waals surface area (Å²) in [5.74, 6) is 0.805. The topological polar surface area (TPSA) is 46.9 Å².